The summed E-state index contributed by atoms with van der Waals surface area (Å²) in [7, 11) is 0. The lowest BCUT2D eigenvalue weighted by Crippen LogP contribution is -2.46. The van der Waals surface area contributed by atoms with E-state index < -0.39 is 29.4 Å². The monoisotopic (exact) mass is 392 g/mol. The van der Waals surface area contributed by atoms with E-state index in [-0.39, 0.29) is 17.1 Å². The summed E-state index contributed by atoms with van der Waals surface area (Å²) >= 11 is 0. The first-order valence-corrected chi connectivity index (χ1v) is 8.51. The highest BCUT2D eigenvalue weighted by Gasteiger charge is 2.27. The van der Waals surface area contributed by atoms with Crippen molar-refractivity contribution in [1.29, 1.82) is 0 Å². The van der Waals surface area contributed by atoms with Crippen LogP contribution in [0.4, 0.5) is 30.6 Å². The minimum Gasteiger partial charge on any atom is -0.442 e. The van der Waals surface area contributed by atoms with Crippen LogP contribution in [0.3, 0.4) is 0 Å². The number of anilines is 3. The normalized spacial score (nSPS) is 12.1. The molecule has 0 fully saturated rings. The Morgan fingerprint density at radius 3 is 2.61 bits per heavy atom. The van der Waals surface area contributed by atoms with Crippen molar-refractivity contribution < 1.29 is 23.1 Å². The zero-order chi connectivity index (χ0) is 20.9. The van der Waals surface area contributed by atoms with E-state index in [4.69, 9.17) is 4.74 Å². The maximum Gasteiger partial charge on any atom is 0.429 e. The number of nitrogens with zero attached hydrogens (tertiary/aromatic N) is 2. The highest BCUT2D eigenvalue weighted by atomic mass is 19.1. The van der Waals surface area contributed by atoms with E-state index in [1.165, 1.54) is 37.4 Å². The first-order valence-electron chi connectivity index (χ1n) is 8.51. The molecule has 0 saturated heterocycles. The molecule has 7 nitrogen and oxygen atoms in total. The number of amides is 1. The van der Waals surface area contributed by atoms with Crippen molar-refractivity contribution in [3.8, 4) is 0 Å². The molecule has 2 rings (SSSR count). The molecule has 0 bridgehead atoms. The van der Waals surface area contributed by atoms with Crippen LogP contribution >= 0.6 is 0 Å². The fraction of sp³-hybridized carbons (Fsp3) is 0.316. The Balaban J connectivity index is 2.36. The Morgan fingerprint density at radius 2 is 2.00 bits per heavy atom. The van der Waals surface area contributed by atoms with Crippen molar-refractivity contribution in [2.24, 2.45) is 0 Å². The van der Waals surface area contributed by atoms with Gasteiger partial charge in [-0.2, -0.15) is 0 Å². The third-order valence-corrected chi connectivity index (χ3v) is 3.42. The fourth-order valence-electron chi connectivity index (χ4n) is 2.18. The molecule has 0 radical (unpaired) electrons. The molecule has 1 atom stereocenters. The van der Waals surface area contributed by atoms with E-state index in [0.29, 0.717) is 6.29 Å². The molecular formula is C19H22F2N4O3. The predicted octanol–water partition coefficient (Wildman–Crippen LogP) is 4.25. The van der Waals surface area contributed by atoms with Crippen molar-refractivity contribution in [2.75, 3.05) is 10.7 Å². The maximum atomic E-state index is 14.5. The van der Waals surface area contributed by atoms with Crippen LogP contribution in [0, 0.1) is 11.6 Å². The quantitative estimate of drug-likeness (QED) is 0.565. The number of hydrogen-bond donors (Lipinski definition) is 2. The van der Waals surface area contributed by atoms with Gasteiger partial charge < -0.3 is 14.8 Å². The second kappa shape index (κ2) is 8.64. The summed E-state index contributed by atoms with van der Waals surface area (Å²) in [5.74, 6) is -1.26. The highest BCUT2D eigenvalue weighted by molar-refractivity contribution is 5.79. The molecule has 0 aliphatic rings. The molecule has 0 aliphatic heterocycles. The summed E-state index contributed by atoms with van der Waals surface area (Å²) in [6.45, 7) is 6.46. The number of hydrazine groups is 1. The summed E-state index contributed by atoms with van der Waals surface area (Å²) in [5.41, 5.74) is 2.15. The molecule has 28 heavy (non-hydrogen) atoms. The first-order chi connectivity index (χ1) is 13.1. The lowest BCUT2D eigenvalue weighted by atomic mass is 10.2. The van der Waals surface area contributed by atoms with Crippen molar-refractivity contribution in [3.05, 3.63) is 48.3 Å². The van der Waals surface area contributed by atoms with Gasteiger partial charge in [-0.1, -0.05) is 6.07 Å². The molecule has 150 valence electrons. The third-order valence-electron chi connectivity index (χ3n) is 3.42. The highest BCUT2D eigenvalue weighted by Crippen LogP contribution is 2.29. The molecule has 9 heteroatoms. The summed E-state index contributed by atoms with van der Waals surface area (Å²) in [6.07, 6.45) is 2.05. The molecule has 0 aliphatic carbocycles. The molecule has 0 saturated carbocycles. The summed E-state index contributed by atoms with van der Waals surface area (Å²) in [4.78, 5) is 27.4. The number of para-hydroxylation sites is 1. The van der Waals surface area contributed by atoms with Crippen LogP contribution in [0.1, 0.15) is 27.7 Å². The average molecular weight is 392 g/mol. The maximum absolute atomic E-state index is 14.5. The van der Waals surface area contributed by atoms with E-state index in [2.05, 4.69) is 15.7 Å². The Kier molecular flexibility index (Phi) is 6.50. The fourth-order valence-corrected chi connectivity index (χ4v) is 2.18. The van der Waals surface area contributed by atoms with Gasteiger partial charge >= 0.3 is 6.09 Å². The van der Waals surface area contributed by atoms with Gasteiger partial charge in [0.2, 0.25) is 0 Å². The molecule has 1 aromatic heterocycles. The zero-order valence-corrected chi connectivity index (χ0v) is 16.0. The van der Waals surface area contributed by atoms with Gasteiger partial charge in [-0.3, -0.25) is 10.4 Å². The van der Waals surface area contributed by atoms with Gasteiger partial charge in [-0.05, 0) is 39.8 Å². The number of ether oxygens (including phenoxy) is 1. The Labute approximate surface area is 161 Å². The molecular weight excluding hydrogens is 370 g/mol. The SMILES string of the molecule is CC(C=O)N(Nc1c(F)cccc1Nc1cncc(F)c1)C(=O)OC(C)(C)C. The topological polar surface area (TPSA) is 83.6 Å². The van der Waals surface area contributed by atoms with E-state index in [1.807, 2.05) is 0 Å². The summed E-state index contributed by atoms with van der Waals surface area (Å²) < 4.78 is 33.1. The number of pyridine rings is 1. The van der Waals surface area contributed by atoms with Gasteiger partial charge in [0.1, 0.15) is 35.3 Å². The molecule has 2 aromatic rings. The van der Waals surface area contributed by atoms with Crippen LogP contribution in [-0.2, 0) is 9.53 Å². The van der Waals surface area contributed by atoms with Gasteiger partial charge in [0.25, 0.3) is 0 Å². The molecule has 1 unspecified atom stereocenters. The van der Waals surface area contributed by atoms with Crippen LogP contribution in [0.5, 0.6) is 0 Å². The molecule has 0 spiro atoms. The number of carbonyl (C=O) groups excluding carboxylic acids is 2. The van der Waals surface area contributed by atoms with Crippen LogP contribution < -0.4 is 10.7 Å². The van der Waals surface area contributed by atoms with E-state index >= 15 is 0 Å². The lowest BCUT2D eigenvalue weighted by Gasteiger charge is -2.31. The standard InChI is InChI=1S/C19H22F2N4O3/c1-12(11-26)25(18(27)28-19(2,3)4)24-17-15(21)6-5-7-16(17)23-14-8-13(20)9-22-10-14/h5-12,23-24H,1-4H3. The molecule has 2 N–H and O–H groups in total. The zero-order valence-electron chi connectivity index (χ0n) is 16.0. The predicted molar refractivity (Wildman–Crippen MR) is 101 cm³/mol. The van der Waals surface area contributed by atoms with Gasteiger partial charge in [0.05, 0.1) is 23.8 Å². The number of carbonyl (C=O) groups is 2. The number of aldehydes is 1. The number of rotatable bonds is 6. The van der Waals surface area contributed by atoms with Crippen LogP contribution in [0.15, 0.2) is 36.7 Å². The van der Waals surface area contributed by atoms with Crippen molar-refractivity contribution in [3.63, 3.8) is 0 Å². The van der Waals surface area contributed by atoms with E-state index in [1.54, 1.807) is 20.8 Å². The molecule has 1 amide bonds. The number of aromatic nitrogens is 1. The smallest absolute Gasteiger partial charge is 0.429 e. The van der Waals surface area contributed by atoms with Crippen molar-refractivity contribution in [2.45, 2.75) is 39.3 Å². The largest absolute Gasteiger partial charge is 0.442 e. The summed E-state index contributed by atoms with van der Waals surface area (Å²) in [6, 6.07) is 4.38. The minimum atomic E-state index is -0.946. The number of benzene rings is 1. The minimum absolute atomic E-state index is 0.119. The Bertz CT molecular complexity index is 855. The Hall–Kier alpha value is -3.23. The second-order valence-electron chi connectivity index (χ2n) is 7.02. The van der Waals surface area contributed by atoms with Gasteiger partial charge in [-0.15, -0.1) is 0 Å². The van der Waals surface area contributed by atoms with Crippen LogP contribution in [-0.4, -0.2) is 34.0 Å². The van der Waals surface area contributed by atoms with Crippen molar-refractivity contribution >= 4 is 29.4 Å². The second-order valence-corrected chi connectivity index (χ2v) is 7.02. The van der Waals surface area contributed by atoms with Crippen LogP contribution in [0.25, 0.3) is 0 Å². The van der Waals surface area contributed by atoms with E-state index in [9.17, 15) is 18.4 Å². The van der Waals surface area contributed by atoms with Gasteiger partial charge in [0.15, 0.2) is 0 Å². The van der Waals surface area contributed by atoms with Crippen LogP contribution in [0.2, 0.25) is 0 Å². The Morgan fingerprint density at radius 1 is 1.29 bits per heavy atom. The summed E-state index contributed by atoms with van der Waals surface area (Å²) in [5, 5.41) is 3.71. The number of halogens is 2. The first kappa shape index (κ1) is 21.1. The van der Waals surface area contributed by atoms with Gasteiger partial charge in [0, 0.05) is 6.07 Å². The molecule has 1 heterocycles. The van der Waals surface area contributed by atoms with Gasteiger partial charge in [-0.25, -0.2) is 18.6 Å². The third kappa shape index (κ3) is 5.63. The van der Waals surface area contributed by atoms with Crippen molar-refractivity contribution in [1.82, 2.24) is 9.99 Å². The lowest BCUT2D eigenvalue weighted by molar-refractivity contribution is -0.111. The number of nitrogens with one attached hydrogen (secondary N) is 2. The molecule has 1 aromatic carbocycles. The average Bonchev–Trinajstić information content (AvgIpc) is 2.59. The number of hydrogen-bond acceptors (Lipinski definition) is 6. The van der Waals surface area contributed by atoms with E-state index in [0.717, 1.165) is 11.2 Å².